The van der Waals surface area contributed by atoms with Gasteiger partial charge in [0.2, 0.25) is 0 Å². The number of hydrogen-bond acceptors (Lipinski definition) is 4. The number of ether oxygens (including phenoxy) is 1. The summed E-state index contributed by atoms with van der Waals surface area (Å²) in [5.41, 5.74) is 8.69. The highest BCUT2D eigenvalue weighted by atomic mass is 32.1. The molecule has 5 rings (SSSR count). The number of nitrogens with zero attached hydrogens (tertiary/aromatic N) is 4. The Labute approximate surface area is 220 Å². The fraction of sp³-hybridized carbons (Fsp3) is 0.448. The van der Waals surface area contributed by atoms with E-state index in [0.29, 0.717) is 0 Å². The summed E-state index contributed by atoms with van der Waals surface area (Å²) in [6, 6.07) is 15.1. The second kappa shape index (κ2) is 10.7. The molecule has 4 heterocycles. The molecule has 36 heavy (non-hydrogen) atoms. The van der Waals surface area contributed by atoms with Gasteiger partial charge >= 0.3 is 0 Å². The lowest BCUT2D eigenvalue weighted by Gasteiger charge is -2.30. The summed E-state index contributed by atoms with van der Waals surface area (Å²) in [4.78, 5) is 9.62. The van der Waals surface area contributed by atoms with Gasteiger partial charge in [0, 0.05) is 43.8 Å². The summed E-state index contributed by atoms with van der Waals surface area (Å²) in [5, 5.41) is 4.44. The lowest BCUT2D eigenvalue weighted by molar-refractivity contribution is 0.0365. The molecule has 1 N–H and O–H groups in total. The first-order valence-corrected chi connectivity index (χ1v) is 13.4. The average molecular weight is 504 g/mol. The van der Waals surface area contributed by atoms with Crippen molar-refractivity contribution in [3.05, 3.63) is 82.4 Å². The Kier molecular flexibility index (Phi) is 7.42. The SMILES string of the molecule is Cc1cccc(C)c1-n1c(C)cc([C@@H]2[C@H](c3ccccn3)NC(=S)N2CCCN2CCOCC2)c1C. The van der Waals surface area contributed by atoms with Crippen molar-refractivity contribution < 1.29 is 4.74 Å². The molecule has 6 nitrogen and oxygen atoms in total. The van der Waals surface area contributed by atoms with Crippen LogP contribution in [0.4, 0.5) is 0 Å². The fourth-order valence-electron chi connectivity index (χ4n) is 5.86. The smallest absolute Gasteiger partial charge is 0.170 e. The molecule has 0 spiro atoms. The van der Waals surface area contributed by atoms with Crippen molar-refractivity contribution in [3.63, 3.8) is 0 Å². The number of aryl methyl sites for hydroxylation is 3. The summed E-state index contributed by atoms with van der Waals surface area (Å²) in [6.45, 7) is 14.5. The average Bonchev–Trinajstić information content (AvgIpc) is 3.36. The summed E-state index contributed by atoms with van der Waals surface area (Å²) >= 11 is 5.93. The quantitative estimate of drug-likeness (QED) is 0.468. The molecule has 7 heteroatoms. The number of morpholine rings is 1. The Balaban J connectivity index is 1.50. The van der Waals surface area contributed by atoms with E-state index in [2.05, 4.69) is 83.8 Å². The van der Waals surface area contributed by atoms with Gasteiger partial charge in [-0.15, -0.1) is 0 Å². The van der Waals surface area contributed by atoms with E-state index in [1.165, 1.54) is 33.8 Å². The van der Waals surface area contributed by atoms with Gasteiger partial charge in [0.1, 0.15) is 0 Å². The first kappa shape index (κ1) is 24.9. The van der Waals surface area contributed by atoms with E-state index in [9.17, 15) is 0 Å². The normalized spacial score (nSPS) is 20.7. The molecule has 190 valence electrons. The minimum absolute atomic E-state index is 0.00834. The van der Waals surface area contributed by atoms with E-state index in [1.807, 2.05) is 12.3 Å². The van der Waals surface area contributed by atoms with Crippen LogP contribution in [0.1, 0.15) is 52.3 Å². The van der Waals surface area contributed by atoms with E-state index in [-0.39, 0.29) is 12.1 Å². The molecule has 0 saturated carbocycles. The molecule has 3 aromatic rings. The Morgan fingerprint density at radius 3 is 2.44 bits per heavy atom. The third-order valence-corrected chi connectivity index (χ3v) is 7.98. The lowest BCUT2D eigenvalue weighted by Crippen LogP contribution is -2.39. The molecule has 0 aliphatic carbocycles. The fourth-order valence-corrected chi connectivity index (χ4v) is 6.20. The third-order valence-electron chi connectivity index (χ3n) is 7.63. The van der Waals surface area contributed by atoms with Crippen LogP contribution < -0.4 is 5.32 Å². The molecule has 2 atom stereocenters. The Hall–Kier alpha value is -2.74. The lowest BCUT2D eigenvalue weighted by atomic mass is 9.96. The van der Waals surface area contributed by atoms with E-state index in [0.717, 1.165) is 56.6 Å². The first-order chi connectivity index (χ1) is 17.5. The van der Waals surface area contributed by atoms with Crippen molar-refractivity contribution in [3.8, 4) is 5.69 Å². The molecule has 0 unspecified atom stereocenters. The predicted molar refractivity (Wildman–Crippen MR) is 149 cm³/mol. The van der Waals surface area contributed by atoms with Crippen molar-refractivity contribution in [1.29, 1.82) is 0 Å². The molecule has 0 bridgehead atoms. The maximum Gasteiger partial charge on any atom is 0.170 e. The summed E-state index contributed by atoms with van der Waals surface area (Å²) < 4.78 is 7.94. The highest BCUT2D eigenvalue weighted by Crippen LogP contribution is 2.41. The van der Waals surface area contributed by atoms with Gasteiger partial charge in [0.25, 0.3) is 0 Å². The van der Waals surface area contributed by atoms with Crippen LogP contribution in [-0.2, 0) is 4.74 Å². The van der Waals surface area contributed by atoms with Crippen LogP contribution in [0.3, 0.4) is 0 Å². The molecule has 2 saturated heterocycles. The van der Waals surface area contributed by atoms with Crippen molar-refractivity contribution in [2.75, 3.05) is 39.4 Å². The van der Waals surface area contributed by atoms with E-state index < -0.39 is 0 Å². The van der Waals surface area contributed by atoms with Crippen LogP contribution >= 0.6 is 12.2 Å². The van der Waals surface area contributed by atoms with Crippen LogP contribution in [-0.4, -0.2) is 63.9 Å². The third kappa shape index (κ3) is 4.80. The van der Waals surface area contributed by atoms with Crippen LogP contribution in [0.25, 0.3) is 5.69 Å². The van der Waals surface area contributed by atoms with Gasteiger partial charge in [-0.25, -0.2) is 0 Å². The molecular formula is C29H37N5OS. The number of benzene rings is 1. The van der Waals surface area contributed by atoms with Crippen molar-refractivity contribution in [2.24, 2.45) is 0 Å². The largest absolute Gasteiger partial charge is 0.379 e. The minimum atomic E-state index is 0.00834. The van der Waals surface area contributed by atoms with Crippen LogP contribution in [0.5, 0.6) is 0 Å². The topological polar surface area (TPSA) is 45.6 Å². The van der Waals surface area contributed by atoms with Crippen molar-refractivity contribution in [2.45, 2.75) is 46.2 Å². The molecule has 2 fully saturated rings. The summed E-state index contributed by atoms with van der Waals surface area (Å²) in [6.07, 6.45) is 2.93. The number of rotatable bonds is 7. The monoisotopic (exact) mass is 503 g/mol. The van der Waals surface area contributed by atoms with Gasteiger partial charge in [-0.2, -0.15) is 0 Å². The van der Waals surface area contributed by atoms with Gasteiger partial charge in [0.05, 0.1) is 36.7 Å². The number of thiocarbonyl (C=S) groups is 1. The number of pyridine rings is 1. The van der Waals surface area contributed by atoms with Crippen LogP contribution in [0, 0.1) is 27.7 Å². The zero-order chi connectivity index (χ0) is 25.2. The molecule has 1 aromatic carbocycles. The molecule has 0 amide bonds. The Morgan fingerprint density at radius 2 is 1.75 bits per heavy atom. The number of nitrogens with one attached hydrogen (secondary N) is 1. The minimum Gasteiger partial charge on any atom is -0.379 e. The second-order valence-electron chi connectivity index (χ2n) is 10.0. The number of aromatic nitrogens is 2. The molecule has 2 aliphatic heterocycles. The van der Waals surface area contributed by atoms with Gasteiger partial charge in [0.15, 0.2) is 5.11 Å². The zero-order valence-electron chi connectivity index (χ0n) is 21.8. The standard InChI is InChI=1S/C29H37N5OS/c1-20-9-7-10-21(2)27(20)34-22(3)19-24(23(34)4)28-26(25-11-5-6-12-30-25)31-29(36)33(28)14-8-13-32-15-17-35-18-16-32/h5-7,9-12,19,26,28H,8,13-18H2,1-4H3,(H,31,36)/t26-,28+/m0/s1. The Bertz CT molecular complexity index is 1200. The summed E-state index contributed by atoms with van der Waals surface area (Å²) in [7, 11) is 0. The molecule has 2 aromatic heterocycles. The van der Waals surface area contributed by atoms with E-state index in [1.54, 1.807) is 0 Å². The molecular weight excluding hydrogens is 466 g/mol. The van der Waals surface area contributed by atoms with Crippen LogP contribution in [0.2, 0.25) is 0 Å². The highest BCUT2D eigenvalue weighted by Gasteiger charge is 2.41. The van der Waals surface area contributed by atoms with E-state index in [4.69, 9.17) is 21.9 Å². The predicted octanol–water partition coefficient (Wildman–Crippen LogP) is 4.80. The van der Waals surface area contributed by atoms with E-state index >= 15 is 0 Å². The number of para-hydroxylation sites is 1. The van der Waals surface area contributed by atoms with Crippen molar-refractivity contribution in [1.82, 2.24) is 24.7 Å². The van der Waals surface area contributed by atoms with Gasteiger partial charge < -0.3 is 19.5 Å². The maximum absolute atomic E-state index is 5.93. The van der Waals surface area contributed by atoms with Crippen LogP contribution in [0.15, 0.2) is 48.7 Å². The molecule has 0 radical (unpaired) electrons. The second-order valence-corrected chi connectivity index (χ2v) is 10.4. The van der Waals surface area contributed by atoms with Gasteiger partial charge in [-0.1, -0.05) is 24.3 Å². The Morgan fingerprint density at radius 1 is 1.00 bits per heavy atom. The summed E-state index contributed by atoms with van der Waals surface area (Å²) in [5.74, 6) is 0. The first-order valence-electron chi connectivity index (χ1n) is 13.0. The molecule has 2 aliphatic rings. The zero-order valence-corrected chi connectivity index (χ0v) is 22.6. The maximum atomic E-state index is 5.93. The van der Waals surface area contributed by atoms with Gasteiger partial charge in [-0.05, 0) is 81.2 Å². The number of hydrogen-bond donors (Lipinski definition) is 1. The highest BCUT2D eigenvalue weighted by molar-refractivity contribution is 7.80. The van der Waals surface area contributed by atoms with Crippen molar-refractivity contribution >= 4 is 17.3 Å². The van der Waals surface area contributed by atoms with Gasteiger partial charge in [-0.3, -0.25) is 9.88 Å².